The first kappa shape index (κ1) is 15.4. The number of morpholine rings is 1. The van der Waals surface area contributed by atoms with Crippen LogP contribution in [0.2, 0.25) is 0 Å². The molecule has 2 heterocycles. The number of hydrogen-bond donors (Lipinski definition) is 3. The Balaban J connectivity index is 1.85. The summed E-state index contributed by atoms with van der Waals surface area (Å²) in [4.78, 5) is 1.23. The van der Waals surface area contributed by atoms with Crippen LogP contribution in [0.5, 0.6) is 0 Å². The number of oxime groups is 1. The van der Waals surface area contributed by atoms with E-state index in [2.05, 4.69) is 5.16 Å². The Morgan fingerprint density at radius 3 is 2.74 bits per heavy atom. The molecular weight excluding hydrogens is 298 g/mol. The molecule has 0 spiro atoms. The maximum Gasteiger partial charge on any atom is 0.303 e. The van der Waals surface area contributed by atoms with E-state index in [9.17, 15) is 15.5 Å². The molecule has 4 rings (SSSR count). The molecule has 0 unspecified atom stereocenters. The third-order valence-corrected chi connectivity index (χ3v) is 6.53. The van der Waals surface area contributed by atoms with Crippen molar-refractivity contribution in [1.82, 2.24) is 0 Å². The van der Waals surface area contributed by atoms with Gasteiger partial charge in [-0.05, 0) is 25.7 Å². The van der Waals surface area contributed by atoms with Crippen molar-refractivity contribution in [2.45, 2.75) is 56.2 Å². The quantitative estimate of drug-likeness (QED) is 0.262. The zero-order chi connectivity index (χ0) is 16.1. The highest BCUT2D eigenvalue weighted by Crippen LogP contribution is 2.48. The predicted octanol–water partition coefficient (Wildman–Crippen LogP) is -0.502. The van der Waals surface area contributed by atoms with E-state index in [4.69, 9.17) is 4.74 Å². The Kier molecular flexibility index (Phi) is 3.62. The highest BCUT2D eigenvalue weighted by Gasteiger charge is 2.74. The fourth-order valence-corrected chi connectivity index (χ4v) is 5.57. The maximum atomic E-state index is 13.4. The van der Waals surface area contributed by atoms with E-state index in [1.807, 2.05) is 0 Å². The molecule has 23 heavy (non-hydrogen) atoms. The highest BCUT2D eigenvalue weighted by atomic mass is 16.5. The lowest BCUT2D eigenvalue weighted by molar-refractivity contribution is -1.05. The summed E-state index contributed by atoms with van der Waals surface area (Å²) in [5, 5.41) is 37.8. The van der Waals surface area contributed by atoms with Crippen LogP contribution in [0.1, 0.15) is 44.9 Å². The zero-order valence-electron chi connectivity index (χ0n) is 13.5. The Bertz CT molecular complexity index is 558. The fourth-order valence-electron chi connectivity index (χ4n) is 5.57. The first-order valence-electron chi connectivity index (χ1n) is 8.86. The third-order valence-electron chi connectivity index (χ3n) is 6.53. The molecule has 3 fully saturated rings. The second-order valence-electron chi connectivity index (χ2n) is 7.35. The molecule has 0 amide bonds. The van der Waals surface area contributed by atoms with Crippen LogP contribution in [0, 0.1) is 11.1 Å². The number of nitrogens with one attached hydrogen (secondary N) is 1. The van der Waals surface area contributed by atoms with E-state index >= 15 is 0 Å². The Hall–Kier alpha value is -1.18. The van der Waals surface area contributed by atoms with Gasteiger partial charge in [0.05, 0.1) is 25.3 Å². The van der Waals surface area contributed by atoms with Crippen LogP contribution in [0.15, 0.2) is 5.16 Å². The average molecular weight is 324 g/mol. The highest BCUT2D eigenvalue weighted by molar-refractivity contribution is 6.15. The Morgan fingerprint density at radius 1 is 1.22 bits per heavy atom. The van der Waals surface area contributed by atoms with Crippen LogP contribution in [0.25, 0.3) is 0 Å². The van der Waals surface area contributed by atoms with E-state index in [-0.39, 0.29) is 5.92 Å². The number of quaternary nitrogens is 1. The predicted molar refractivity (Wildman–Crippen MR) is 82.9 cm³/mol. The van der Waals surface area contributed by atoms with Crippen molar-refractivity contribution in [3.05, 3.63) is 5.21 Å². The lowest BCUT2D eigenvalue weighted by Gasteiger charge is -2.45. The molecule has 0 aromatic carbocycles. The SMILES string of the molecule is [O-][N+]1=C2CCCC(=NO)[C@@]2(O)[C@@H]2CCCC[C@@]21[NH+]1CCOCC1. The molecule has 2 aliphatic heterocycles. The standard InChI is InChI=1S/C16H25N3O4/c20-16-12-4-1-2-7-15(12,18-8-10-23-11-9-18)19(22)14(16)6-3-5-13(16)17-21/h12,20-21H,1-11H2/p+1/t12-,15+,16+/m1/s1. The van der Waals surface area contributed by atoms with E-state index in [1.165, 1.54) is 4.90 Å². The Labute approximate surface area is 135 Å². The van der Waals surface area contributed by atoms with Gasteiger partial charge in [0, 0.05) is 6.42 Å². The number of hydrogen-bond acceptors (Lipinski definition) is 5. The lowest BCUT2D eigenvalue weighted by Crippen LogP contribution is -3.24. The minimum absolute atomic E-state index is 0.185. The molecule has 0 radical (unpaired) electrons. The van der Waals surface area contributed by atoms with Crippen LogP contribution in [-0.2, 0) is 4.74 Å². The van der Waals surface area contributed by atoms with Gasteiger partial charge < -0.3 is 20.3 Å². The topological polar surface area (TPSA) is 92.6 Å². The largest absolute Gasteiger partial charge is 0.619 e. The summed E-state index contributed by atoms with van der Waals surface area (Å²) >= 11 is 0. The van der Waals surface area contributed by atoms with Crippen molar-refractivity contribution in [3.8, 4) is 0 Å². The summed E-state index contributed by atoms with van der Waals surface area (Å²) < 4.78 is 6.62. The van der Waals surface area contributed by atoms with Crippen molar-refractivity contribution in [2.75, 3.05) is 26.3 Å². The summed E-state index contributed by atoms with van der Waals surface area (Å²) in [7, 11) is 0. The van der Waals surface area contributed by atoms with Crippen molar-refractivity contribution >= 4 is 11.4 Å². The maximum absolute atomic E-state index is 13.4. The summed E-state index contributed by atoms with van der Waals surface area (Å²) in [5.74, 6) is -0.185. The molecule has 2 saturated carbocycles. The normalized spacial score (nSPS) is 43.5. The first-order valence-corrected chi connectivity index (χ1v) is 8.86. The minimum atomic E-state index is -1.35. The molecule has 0 aromatic heterocycles. The van der Waals surface area contributed by atoms with Crippen LogP contribution in [0.3, 0.4) is 0 Å². The fraction of sp³-hybridized carbons (Fsp3) is 0.875. The molecule has 3 N–H and O–H groups in total. The van der Waals surface area contributed by atoms with Gasteiger partial charge in [-0.3, -0.25) is 4.90 Å². The van der Waals surface area contributed by atoms with E-state index in [0.717, 1.165) is 49.9 Å². The summed E-state index contributed by atoms with van der Waals surface area (Å²) in [5.41, 5.74) is -1.05. The van der Waals surface area contributed by atoms with Gasteiger partial charge in [-0.2, -0.15) is 4.74 Å². The number of fused-ring (bicyclic) bond motifs is 3. The van der Waals surface area contributed by atoms with Gasteiger partial charge in [-0.25, -0.2) is 0 Å². The number of nitrogens with zero attached hydrogens (tertiary/aromatic N) is 2. The molecule has 7 heteroatoms. The second kappa shape index (κ2) is 5.43. The van der Waals surface area contributed by atoms with E-state index < -0.39 is 11.3 Å². The monoisotopic (exact) mass is 324 g/mol. The van der Waals surface area contributed by atoms with Gasteiger partial charge in [-0.15, -0.1) is 0 Å². The summed E-state index contributed by atoms with van der Waals surface area (Å²) in [6.07, 6.45) is 5.55. The third kappa shape index (κ3) is 1.87. The number of ether oxygens (including phenoxy) is 1. The van der Waals surface area contributed by atoms with Crippen LogP contribution in [-0.4, -0.2) is 64.0 Å². The average Bonchev–Trinajstić information content (AvgIpc) is 2.82. The van der Waals surface area contributed by atoms with Crippen LogP contribution in [0.4, 0.5) is 0 Å². The molecular formula is C16H26N3O4+. The zero-order valence-corrected chi connectivity index (χ0v) is 13.5. The molecule has 4 aliphatic rings. The number of aliphatic hydroxyl groups is 1. The Morgan fingerprint density at radius 2 is 2.00 bits per heavy atom. The van der Waals surface area contributed by atoms with Gasteiger partial charge in [0.2, 0.25) is 11.3 Å². The smallest absolute Gasteiger partial charge is 0.303 e. The molecule has 3 atom stereocenters. The van der Waals surface area contributed by atoms with Crippen molar-refractivity contribution in [1.29, 1.82) is 0 Å². The molecule has 2 aliphatic carbocycles. The minimum Gasteiger partial charge on any atom is -0.619 e. The van der Waals surface area contributed by atoms with Crippen LogP contribution < -0.4 is 4.90 Å². The lowest BCUT2D eigenvalue weighted by atomic mass is 9.65. The summed E-state index contributed by atoms with van der Waals surface area (Å²) in [6, 6.07) is 0. The van der Waals surface area contributed by atoms with Gasteiger partial charge in [0.15, 0.2) is 0 Å². The first-order chi connectivity index (χ1) is 11.2. The molecule has 1 saturated heterocycles. The van der Waals surface area contributed by atoms with Crippen molar-refractivity contribution in [3.63, 3.8) is 0 Å². The van der Waals surface area contributed by atoms with Crippen molar-refractivity contribution in [2.24, 2.45) is 11.1 Å². The van der Waals surface area contributed by atoms with E-state index in [1.54, 1.807) is 0 Å². The molecule has 128 valence electrons. The van der Waals surface area contributed by atoms with Gasteiger partial charge in [0.1, 0.15) is 19.0 Å². The molecule has 7 nitrogen and oxygen atoms in total. The van der Waals surface area contributed by atoms with Gasteiger partial charge in [-0.1, -0.05) is 11.6 Å². The summed E-state index contributed by atoms with van der Waals surface area (Å²) in [6.45, 7) is 2.91. The second-order valence-corrected chi connectivity index (χ2v) is 7.35. The van der Waals surface area contributed by atoms with Gasteiger partial charge in [0.25, 0.3) is 0 Å². The molecule has 0 aromatic rings. The number of rotatable bonds is 1. The van der Waals surface area contributed by atoms with Crippen molar-refractivity contribution < 1.29 is 24.7 Å². The van der Waals surface area contributed by atoms with Gasteiger partial charge >= 0.3 is 5.66 Å². The van der Waals surface area contributed by atoms with Crippen LogP contribution >= 0.6 is 0 Å². The number of hydroxylamine groups is 1. The van der Waals surface area contributed by atoms with E-state index in [0.29, 0.717) is 37.5 Å². The molecule has 0 bridgehead atoms.